The summed E-state index contributed by atoms with van der Waals surface area (Å²) in [4.78, 5) is 24.4. The van der Waals surface area contributed by atoms with E-state index in [9.17, 15) is 9.59 Å². The lowest BCUT2D eigenvalue weighted by atomic mass is 10.2. The zero-order valence-corrected chi connectivity index (χ0v) is 16.9. The average Bonchev–Trinajstić information content (AvgIpc) is 2.74. The van der Waals surface area contributed by atoms with Gasteiger partial charge in [0.1, 0.15) is 11.8 Å². The number of nitrogens with zero attached hydrogens (tertiary/aromatic N) is 1. The van der Waals surface area contributed by atoms with Crippen LogP contribution in [0.25, 0.3) is 0 Å². The Morgan fingerprint density at radius 2 is 1.79 bits per heavy atom. The highest BCUT2D eigenvalue weighted by molar-refractivity contribution is 5.97. The summed E-state index contributed by atoms with van der Waals surface area (Å²) in [6.07, 6.45) is 1.48. The molecule has 8 heteroatoms. The van der Waals surface area contributed by atoms with E-state index in [4.69, 9.17) is 14.2 Å². The predicted octanol–water partition coefficient (Wildman–Crippen LogP) is 2.37. The Hall–Kier alpha value is -3.55. The molecule has 1 atom stereocenters. The molecule has 0 fully saturated rings. The van der Waals surface area contributed by atoms with Crippen molar-refractivity contribution in [2.75, 3.05) is 20.8 Å². The van der Waals surface area contributed by atoms with Crippen molar-refractivity contribution >= 4 is 18.0 Å². The molecule has 154 valence electrons. The van der Waals surface area contributed by atoms with Crippen molar-refractivity contribution in [3.05, 3.63) is 53.6 Å². The van der Waals surface area contributed by atoms with E-state index < -0.39 is 11.9 Å². The van der Waals surface area contributed by atoms with Crippen molar-refractivity contribution in [3.8, 4) is 17.2 Å². The van der Waals surface area contributed by atoms with Gasteiger partial charge in [0, 0.05) is 5.56 Å². The van der Waals surface area contributed by atoms with E-state index in [2.05, 4.69) is 15.8 Å². The van der Waals surface area contributed by atoms with Gasteiger partial charge in [-0.1, -0.05) is 0 Å². The number of amides is 2. The molecule has 1 unspecified atom stereocenters. The van der Waals surface area contributed by atoms with Gasteiger partial charge in [-0.15, -0.1) is 0 Å². The van der Waals surface area contributed by atoms with Gasteiger partial charge >= 0.3 is 0 Å². The van der Waals surface area contributed by atoms with Crippen molar-refractivity contribution in [3.63, 3.8) is 0 Å². The molecule has 0 heterocycles. The molecule has 0 bridgehead atoms. The molecule has 29 heavy (non-hydrogen) atoms. The number of rotatable bonds is 9. The molecule has 2 aromatic carbocycles. The number of hydrogen-bond donors (Lipinski definition) is 2. The van der Waals surface area contributed by atoms with Gasteiger partial charge in [0.25, 0.3) is 11.8 Å². The summed E-state index contributed by atoms with van der Waals surface area (Å²) >= 11 is 0. The van der Waals surface area contributed by atoms with Gasteiger partial charge in [-0.3, -0.25) is 9.59 Å². The second-order valence-electron chi connectivity index (χ2n) is 6.00. The monoisotopic (exact) mass is 399 g/mol. The summed E-state index contributed by atoms with van der Waals surface area (Å²) in [5, 5.41) is 6.55. The van der Waals surface area contributed by atoms with E-state index in [1.807, 2.05) is 6.92 Å². The average molecular weight is 399 g/mol. The largest absolute Gasteiger partial charge is 0.497 e. The summed E-state index contributed by atoms with van der Waals surface area (Å²) < 4.78 is 15.8. The second kappa shape index (κ2) is 10.7. The summed E-state index contributed by atoms with van der Waals surface area (Å²) in [6, 6.07) is 11.1. The van der Waals surface area contributed by atoms with Crippen LogP contribution in [0.1, 0.15) is 29.8 Å². The zero-order valence-electron chi connectivity index (χ0n) is 16.9. The van der Waals surface area contributed by atoms with Crippen LogP contribution in [-0.2, 0) is 4.79 Å². The van der Waals surface area contributed by atoms with Crippen LogP contribution in [0.2, 0.25) is 0 Å². The molecule has 0 aliphatic carbocycles. The maximum Gasteiger partial charge on any atom is 0.262 e. The molecule has 0 spiro atoms. The van der Waals surface area contributed by atoms with Crippen molar-refractivity contribution in [2.24, 2.45) is 5.10 Å². The smallest absolute Gasteiger partial charge is 0.262 e. The lowest BCUT2D eigenvalue weighted by Crippen LogP contribution is -2.43. The number of methoxy groups -OCH3 is 2. The molecular formula is C21H25N3O5. The third-order valence-electron chi connectivity index (χ3n) is 3.97. The third-order valence-corrected chi connectivity index (χ3v) is 3.97. The topological polar surface area (TPSA) is 98.2 Å². The molecular weight excluding hydrogens is 374 g/mol. The van der Waals surface area contributed by atoms with Gasteiger partial charge in [0.05, 0.1) is 27.0 Å². The van der Waals surface area contributed by atoms with E-state index in [-0.39, 0.29) is 5.91 Å². The molecule has 0 aliphatic rings. The number of hydrogen-bond acceptors (Lipinski definition) is 6. The highest BCUT2D eigenvalue weighted by Gasteiger charge is 2.16. The van der Waals surface area contributed by atoms with Gasteiger partial charge < -0.3 is 19.5 Å². The van der Waals surface area contributed by atoms with Crippen LogP contribution in [-0.4, -0.2) is 44.9 Å². The van der Waals surface area contributed by atoms with E-state index in [0.717, 1.165) is 5.56 Å². The van der Waals surface area contributed by atoms with Crippen LogP contribution in [0.5, 0.6) is 17.2 Å². The minimum atomic E-state index is -0.767. The summed E-state index contributed by atoms with van der Waals surface area (Å²) in [5.41, 5.74) is 3.56. The molecule has 0 radical (unpaired) electrons. The fourth-order valence-corrected chi connectivity index (χ4v) is 2.40. The van der Waals surface area contributed by atoms with Crippen LogP contribution in [0.3, 0.4) is 0 Å². The van der Waals surface area contributed by atoms with Crippen molar-refractivity contribution in [1.82, 2.24) is 10.7 Å². The molecule has 8 nitrogen and oxygen atoms in total. The Bertz CT molecular complexity index is 865. The minimum absolute atomic E-state index is 0.365. The van der Waals surface area contributed by atoms with E-state index in [0.29, 0.717) is 29.4 Å². The molecule has 2 aromatic rings. The Kier molecular flexibility index (Phi) is 8.02. The fraction of sp³-hybridized carbons (Fsp3) is 0.286. The highest BCUT2D eigenvalue weighted by Crippen LogP contribution is 2.27. The molecule has 2 amide bonds. The maximum absolute atomic E-state index is 12.2. The Balaban J connectivity index is 1.92. The molecule has 0 saturated carbocycles. The number of carbonyl (C=O) groups is 2. The van der Waals surface area contributed by atoms with Gasteiger partial charge in [-0.05, 0) is 61.9 Å². The van der Waals surface area contributed by atoms with Crippen molar-refractivity contribution < 1.29 is 23.8 Å². The summed E-state index contributed by atoms with van der Waals surface area (Å²) in [7, 11) is 3.11. The van der Waals surface area contributed by atoms with Crippen molar-refractivity contribution in [1.29, 1.82) is 0 Å². The quantitative estimate of drug-likeness (QED) is 0.498. The van der Waals surface area contributed by atoms with Crippen LogP contribution >= 0.6 is 0 Å². The number of ether oxygens (including phenoxy) is 3. The third kappa shape index (κ3) is 6.24. The first-order valence-electron chi connectivity index (χ1n) is 9.07. The first kappa shape index (κ1) is 21.7. The molecule has 0 aromatic heterocycles. The van der Waals surface area contributed by atoms with Gasteiger partial charge in [0.2, 0.25) is 0 Å². The maximum atomic E-state index is 12.2. The first-order valence-corrected chi connectivity index (χ1v) is 9.07. The predicted molar refractivity (Wildman–Crippen MR) is 110 cm³/mol. The summed E-state index contributed by atoms with van der Waals surface area (Å²) in [5.74, 6) is 1.04. The van der Waals surface area contributed by atoms with Crippen molar-refractivity contribution in [2.45, 2.75) is 19.9 Å². The van der Waals surface area contributed by atoms with Gasteiger partial charge in [-0.2, -0.15) is 5.10 Å². The first-order chi connectivity index (χ1) is 14.0. The van der Waals surface area contributed by atoms with E-state index in [1.165, 1.54) is 6.21 Å². The molecule has 0 aliphatic heterocycles. The highest BCUT2D eigenvalue weighted by atomic mass is 16.5. The lowest BCUT2D eigenvalue weighted by Gasteiger charge is -2.12. The van der Waals surface area contributed by atoms with Gasteiger partial charge in [0.15, 0.2) is 11.5 Å². The number of hydrazone groups is 1. The zero-order chi connectivity index (χ0) is 21.2. The Morgan fingerprint density at radius 3 is 2.41 bits per heavy atom. The number of carbonyl (C=O) groups excluding carboxylic acids is 2. The number of nitrogens with one attached hydrogen (secondary N) is 2. The standard InChI is InChI=1S/C21H25N3O5/c1-5-29-19-12-15(6-11-18(19)28-4)13-22-24-20(25)14(2)23-21(26)16-7-9-17(27-3)10-8-16/h6-14H,5H2,1-4H3,(H,23,26)(H,24,25). The normalized spacial score (nSPS) is 11.6. The molecule has 2 rings (SSSR count). The van der Waals surface area contributed by atoms with E-state index in [1.54, 1.807) is 63.6 Å². The fourth-order valence-electron chi connectivity index (χ4n) is 2.40. The van der Waals surface area contributed by atoms with Crippen LogP contribution < -0.4 is 25.0 Å². The lowest BCUT2D eigenvalue weighted by molar-refractivity contribution is -0.122. The minimum Gasteiger partial charge on any atom is -0.497 e. The van der Waals surface area contributed by atoms with Crippen LogP contribution in [0.4, 0.5) is 0 Å². The number of benzene rings is 2. The van der Waals surface area contributed by atoms with E-state index >= 15 is 0 Å². The summed E-state index contributed by atoms with van der Waals surface area (Å²) in [6.45, 7) is 3.95. The van der Waals surface area contributed by atoms with Crippen LogP contribution in [0, 0.1) is 0 Å². The SMILES string of the molecule is CCOc1cc(C=NNC(=O)C(C)NC(=O)c2ccc(OC)cc2)ccc1OC. The van der Waals surface area contributed by atoms with Crippen LogP contribution in [0.15, 0.2) is 47.6 Å². The second-order valence-corrected chi connectivity index (χ2v) is 6.00. The Morgan fingerprint density at radius 1 is 1.07 bits per heavy atom. The van der Waals surface area contributed by atoms with Gasteiger partial charge in [-0.25, -0.2) is 5.43 Å². The molecule has 2 N–H and O–H groups in total. The Labute approximate surface area is 169 Å². The molecule has 0 saturated heterocycles.